The lowest BCUT2D eigenvalue weighted by Gasteiger charge is -2.04. The molecule has 0 aliphatic heterocycles. The van der Waals surface area contributed by atoms with Gasteiger partial charge in [-0.2, -0.15) is 0 Å². The molecule has 1 heterocycles. The van der Waals surface area contributed by atoms with Crippen LogP contribution in [0.5, 0.6) is 0 Å². The lowest BCUT2D eigenvalue weighted by atomic mass is 10.1. The highest BCUT2D eigenvalue weighted by Crippen LogP contribution is 2.28. The number of rotatable bonds is 6. The normalized spacial score (nSPS) is 10.9. The zero-order valence-corrected chi connectivity index (χ0v) is 13.2. The van der Waals surface area contributed by atoms with Gasteiger partial charge in [0.2, 0.25) is 0 Å². The van der Waals surface area contributed by atoms with Crippen LogP contribution in [-0.4, -0.2) is 11.5 Å². The van der Waals surface area contributed by atoms with Crippen LogP contribution >= 0.6 is 11.3 Å². The molecular formula is C18H16F2N2S. The Morgan fingerprint density at radius 2 is 1.70 bits per heavy atom. The summed E-state index contributed by atoms with van der Waals surface area (Å²) in [5, 5.41) is 4.13. The molecule has 0 unspecified atom stereocenters. The second-order valence-electron chi connectivity index (χ2n) is 5.12. The molecule has 5 heteroatoms. The molecule has 0 aliphatic carbocycles. The first-order valence-corrected chi connectivity index (χ1v) is 8.19. The summed E-state index contributed by atoms with van der Waals surface area (Å²) >= 11 is 1.46. The number of hydrogen-bond acceptors (Lipinski definition) is 3. The Labute approximate surface area is 137 Å². The lowest BCUT2D eigenvalue weighted by molar-refractivity contribution is 0.597. The smallest absolute Gasteiger partial charge is 0.131 e. The Balaban J connectivity index is 1.54. The molecule has 0 aliphatic rings. The van der Waals surface area contributed by atoms with Crippen molar-refractivity contribution in [1.82, 2.24) is 10.3 Å². The van der Waals surface area contributed by atoms with Crippen LogP contribution in [0.1, 0.15) is 10.6 Å². The zero-order chi connectivity index (χ0) is 16.1. The number of nitrogens with zero attached hydrogens (tertiary/aromatic N) is 1. The van der Waals surface area contributed by atoms with Gasteiger partial charge in [0.05, 0.1) is 4.88 Å². The number of hydrogen-bond donors (Lipinski definition) is 1. The number of aromatic nitrogens is 1. The Morgan fingerprint density at radius 1 is 0.957 bits per heavy atom. The molecule has 1 N–H and O–H groups in total. The largest absolute Gasteiger partial charge is 0.310 e. The second-order valence-corrected chi connectivity index (χ2v) is 6.23. The van der Waals surface area contributed by atoms with Crippen LogP contribution in [0.2, 0.25) is 0 Å². The van der Waals surface area contributed by atoms with E-state index >= 15 is 0 Å². The molecule has 0 saturated heterocycles. The number of halogens is 2. The summed E-state index contributed by atoms with van der Waals surface area (Å²) in [5.74, 6) is -0.416. The van der Waals surface area contributed by atoms with Crippen LogP contribution in [0.4, 0.5) is 8.78 Å². The molecule has 0 saturated carbocycles. The van der Waals surface area contributed by atoms with E-state index in [0.29, 0.717) is 30.6 Å². The summed E-state index contributed by atoms with van der Waals surface area (Å²) < 4.78 is 27.2. The SMILES string of the molecule is Fc1ccccc1CCNCc1ncc(-c2ccccc2F)s1. The van der Waals surface area contributed by atoms with Gasteiger partial charge in [-0.05, 0) is 30.7 Å². The highest BCUT2D eigenvalue weighted by Gasteiger charge is 2.08. The first-order valence-electron chi connectivity index (χ1n) is 7.38. The van der Waals surface area contributed by atoms with Gasteiger partial charge in [0, 0.05) is 18.3 Å². The van der Waals surface area contributed by atoms with E-state index < -0.39 is 0 Å². The fraction of sp³-hybridized carbons (Fsp3) is 0.167. The van der Waals surface area contributed by atoms with Crippen LogP contribution in [0.15, 0.2) is 54.7 Å². The third-order valence-electron chi connectivity index (χ3n) is 3.50. The van der Waals surface area contributed by atoms with Crippen LogP contribution in [0.25, 0.3) is 10.4 Å². The monoisotopic (exact) mass is 330 g/mol. The van der Waals surface area contributed by atoms with E-state index in [4.69, 9.17) is 0 Å². The molecule has 0 atom stereocenters. The van der Waals surface area contributed by atoms with Crippen LogP contribution in [0.3, 0.4) is 0 Å². The first-order chi connectivity index (χ1) is 11.2. The van der Waals surface area contributed by atoms with Gasteiger partial charge >= 0.3 is 0 Å². The van der Waals surface area contributed by atoms with Crippen LogP contribution in [0, 0.1) is 11.6 Å². The molecular weight excluding hydrogens is 314 g/mol. The summed E-state index contributed by atoms with van der Waals surface area (Å²) in [6.45, 7) is 1.25. The van der Waals surface area contributed by atoms with Crippen molar-refractivity contribution in [3.05, 3.63) is 76.9 Å². The van der Waals surface area contributed by atoms with Crippen molar-refractivity contribution in [2.75, 3.05) is 6.54 Å². The van der Waals surface area contributed by atoms with Crippen molar-refractivity contribution in [3.8, 4) is 10.4 Å². The quantitative estimate of drug-likeness (QED) is 0.677. The van der Waals surface area contributed by atoms with Gasteiger partial charge < -0.3 is 5.32 Å². The maximum atomic E-state index is 13.7. The van der Waals surface area contributed by atoms with Crippen molar-refractivity contribution in [2.45, 2.75) is 13.0 Å². The van der Waals surface area contributed by atoms with E-state index in [1.54, 1.807) is 30.5 Å². The van der Waals surface area contributed by atoms with Gasteiger partial charge in [-0.3, -0.25) is 0 Å². The predicted molar refractivity (Wildman–Crippen MR) is 89.3 cm³/mol. The minimum Gasteiger partial charge on any atom is -0.310 e. The number of benzene rings is 2. The van der Waals surface area contributed by atoms with Gasteiger partial charge in [-0.1, -0.05) is 36.4 Å². The maximum absolute atomic E-state index is 13.7. The van der Waals surface area contributed by atoms with E-state index in [-0.39, 0.29) is 11.6 Å². The van der Waals surface area contributed by atoms with Crippen LogP contribution in [-0.2, 0) is 13.0 Å². The van der Waals surface area contributed by atoms with Gasteiger partial charge in [-0.15, -0.1) is 11.3 Å². The van der Waals surface area contributed by atoms with Crippen molar-refractivity contribution in [1.29, 1.82) is 0 Å². The average Bonchev–Trinajstić information content (AvgIpc) is 3.02. The Morgan fingerprint density at radius 3 is 2.48 bits per heavy atom. The van der Waals surface area contributed by atoms with Gasteiger partial charge in [0.1, 0.15) is 16.6 Å². The van der Waals surface area contributed by atoms with Gasteiger partial charge in [-0.25, -0.2) is 13.8 Å². The third-order valence-corrected chi connectivity index (χ3v) is 4.53. The molecule has 1 aromatic heterocycles. The number of thiazole rings is 1. The standard InChI is InChI=1S/C18H16F2N2S/c19-15-7-3-1-5-13(15)9-10-21-12-18-22-11-17(23-18)14-6-2-4-8-16(14)20/h1-8,11,21H,9-10,12H2. The second kappa shape index (κ2) is 7.44. The van der Waals surface area contributed by atoms with Gasteiger partial charge in [0.25, 0.3) is 0 Å². The molecule has 2 aromatic carbocycles. The summed E-state index contributed by atoms with van der Waals surface area (Å²) in [7, 11) is 0. The zero-order valence-electron chi connectivity index (χ0n) is 12.4. The molecule has 2 nitrogen and oxygen atoms in total. The molecule has 0 radical (unpaired) electrons. The van der Waals surface area contributed by atoms with Crippen molar-refractivity contribution < 1.29 is 8.78 Å². The molecule has 23 heavy (non-hydrogen) atoms. The molecule has 118 valence electrons. The topological polar surface area (TPSA) is 24.9 Å². The molecule has 3 aromatic rings. The fourth-order valence-electron chi connectivity index (χ4n) is 2.30. The molecule has 0 bridgehead atoms. The molecule has 0 fully saturated rings. The highest BCUT2D eigenvalue weighted by molar-refractivity contribution is 7.15. The van der Waals surface area contributed by atoms with E-state index in [9.17, 15) is 8.78 Å². The Bertz CT molecular complexity index is 786. The first kappa shape index (κ1) is 15.8. The summed E-state index contributed by atoms with van der Waals surface area (Å²) in [6.07, 6.45) is 2.31. The average molecular weight is 330 g/mol. The number of nitrogens with one attached hydrogen (secondary N) is 1. The predicted octanol–water partition coefficient (Wildman–Crippen LogP) is 4.42. The van der Waals surface area contributed by atoms with Crippen molar-refractivity contribution in [3.63, 3.8) is 0 Å². The summed E-state index contributed by atoms with van der Waals surface area (Å²) in [4.78, 5) is 5.12. The van der Waals surface area contributed by atoms with E-state index in [1.165, 1.54) is 23.5 Å². The van der Waals surface area contributed by atoms with Crippen LogP contribution < -0.4 is 5.32 Å². The Kier molecular flexibility index (Phi) is 5.10. The lowest BCUT2D eigenvalue weighted by Crippen LogP contribution is -2.16. The van der Waals surface area contributed by atoms with Crippen molar-refractivity contribution >= 4 is 11.3 Å². The van der Waals surface area contributed by atoms with E-state index in [0.717, 1.165) is 9.88 Å². The minimum atomic E-state index is -0.241. The minimum absolute atomic E-state index is 0.176. The maximum Gasteiger partial charge on any atom is 0.131 e. The molecule has 0 amide bonds. The molecule has 3 rings (SSSR count). The van der Waals surface area contributed by atoms with E-state index in [1.807, 2.05) is 12.1 Å². The summed E-state index contributed by atoms with van der Waals surface area (Å²) in [5.41, 5.74) is 1.27. The Hall–Kier alpha value is -2.11. The fourth-order valence-corrected chi connectivity index (χ4v) is 3.21. The van der Waals surface area contributed by atoms with Crippen molar-refractivity contribution in [2.24, 2.45) is 0 Å². The summed E-state index contributed by atoms with van der Waals surface area (Å²) in [6, 6.07) is 13.5. The highest BCUT2D eigenvalue weighted by atomic mass is 32.1. The molecule has 0 spiro atoms. The third kappa shape index (κ3) is 4.00. The van der Waals surface area contributed by atoms with Gasteiger partial charge in [0.15, 0.2) is 0 Å². The van der Waals surface area contributed by atoms with E-state index in [2.05, 4.69) is 10.3 Å².